The third-order valence-electron chi connectivity index (χ3n) is 3.89. The molecule has 0 aliphatic carbocycles. The van der Waals surface area contributed by atoms with Crippen LogP contribution < -0.4 is 0 Å². The molecule has 23 heavy (non-hydrogen) atoms. The highest BCUT2D eigenvalue weighted by molar-refractivity contribution is 5.83. The van der Waals surface area contributed by atoms with Crippen molar-refractivity contribution in [3.63, 3.8) is 0 Å². The lowest BCUT2D eigenvalue weighted by Gasteiger charge is -2.10. The van der Waals surface area contributed by atoms with Gasteiger partial charge in [0.2, 0.25) is 0 Å². The number of nitrogens with zero attached hydrogens (tertiary/aromatic N) is 2. The van der Waals surface area contributed by atoms with Gasteiger partial charge in [0, 0.05) is 40.8 Å². The van der Waals surface area contributed by atoms with Crippen LogP contribution in [0, 0.1) is 0 Å². The van der Waals surface area contributed by atoms with Crippen molar-refractivity contribution in [3.8, 4) is 11.3 Å². The normalized spacial score (nSPS) is 12.4. The molecule has 0 aliphatic heterocycles. The molecule has 0 bridgehead atoms. The van der Waals surface area contributed by atoms with Gasteiger partial charge in [0.25, 0.3) is 0 Å². The van der Waals surface area contributed by atoms with E-state index in [0.29, 0.717) is 0 Å². The van der Waals surface area contributed by atoms with E-state index in [1.54, 1.807) is 18.6 Å². The van der Waals surface area contributed by atoms with E-state index in [1.165, 1.54) is 0 Å². The summed E-state index contributed by atoms with van der Waals surface area (Å²) < 4.78 is 0. The Bertz CT molecular complexity index is 933. The van der Waals surface area contributed by atoms with Gasteiger partial charge in [-0.1, -0.05) is 36.4 Å². The quantitative estimate of drug-likeness (QED) is 0.606. The Kier molecular flexibility index (Phi) is 3.37. The monoisotopic (exact) mass is 301 g/mol. The molecule has 4 aromatic rings. The van der Waals surface area contributed by atoms with Crippen LogP contribution in [0.3, 0.4) is 0 Å². The van der Waals surface area contributed by atoms with Crippen LogP contribution in [0.2, 0.25) is 0 Å². The van der Waals surface area contributed by atoms with Gasteiger partial charge >= 0.3 is 0 Å². The van der Waals surface area contributed by atoms with E-state index in [2.05, 4.69) is 33.2 Å². The summed E-state index contributed by atoms with van der Waals surface area (Å²) in [4.78, 5) is 11.8. The third kappa shape index (κ3) is 2.60. The Morgan fingerprint density at radius 1 is 0.913 bits per heavy atom. The van der Waals surface area contributed by atoms with Gasteiger partial charge in [0.05, 0.1) is 0 Å². The molecule has 4 heteroatoms. The van der Waals surface area contributed by atoms with Crippen molar-refractivity contribution in [3.05, 3.63) is 84.3 Å². The summed E-state index contributed by atoms with van der Waals surface area (Å²) in [5, 5.41) is 11.5. The molecule has 0 radical (unpaired) electrons. The zero-order valence-electron chi connectivity index (χ0n) is 12.3. The molecule has 0 amide bonds. The second kappa shape index (κ2) is 5.66. The highest BCUT2D eigenvalue weighted by Gasteiger charge is 2.13. The number of aromatic amines is 1. The number of aliphatic hydroxyl groups is 1. The highest BCUT2D eigenvalue weighted by atomic mass is 16.3. The molecular formula is C19H15N3O. The summed E-state index contributed by atoms with van der Waals surface area (Å²) in [6.45, 7) is 0. The van der Waals surface area contributed by atoms with Crippen molar-refractivity contribution in [1.82, 2.24) is 15.0 Å². The molecular weight excluding hydrogens is 286 g/mol. The fourth-order valence-corrected chi connectivity index (χ4v) is 2.69. The van der Waals surface area contributed by atoms with Gasteiger partial charge in [-0.05, 0) is 23.8 Å². The average Bonchev–Trinajstić information content (AvgIpc) is 3.06. The van der Waals surface area contributed by atoms with Gasteiger partial charge in [0.1, 0.15) is 11.8 Å². The van der Waals surface area contributed by atoms with Crippen molar-refractivity contribution >= 4 is 11.0 Å². The molecule has 112 valence electrons. The number of rotatable bonds is 3. The lowest BCUT2D eigenvalue weighted by atomic mass is 10.0. The van der Waals surface area contributed by atoms with E-state index < -0.39 is 6.10 Å². The predicted octanol–water partition coefficient (Wildman–Crippen LogP) is 3.71. The Balaban J connectivity index is 1.74. The van der Waals surface area contributed by atoms with Gasteiger partial charge in [-0.3, -0.25) is 4.98 Å². The average molecular weight is 301 g/mol. The first-order chi connectivity index (χ1) is 11.3. The molecule has 3 aromatic heterocycles. The van der Waals surface area contributed by atoms with Crippen LogP contribution in [0.4, 0.5) is 0 Å². The van der Waals surface area contributed by atoms with E-state index in [4.69, 9.17) is 0 Å². The number of benzene rings is 1. The summed E-state index contributed by atoms with van der Waals surface area (Å²) in [5.74, 6) is 0. The number of aliphatic hydroxyl groups excluding tert-OH is 1. The standard InChI is InChI=1S/C19H15N3O/c23-18(14-7-4-8-20-11-14)16-9-15-10-17(22-19(15)21-12-16)13-5-2-1-3-6-13/h1-12,18,23H,(H,21,22). The molecule has 0 aliphatic rings. The van der Waals surface area contributed by atoms with Crippen LogP contribution in [-0.4, -0.2) is 20.1 Å². The molecule has 2 N–H and O–H groups in total. The first-order valence-electron chi connectivity index (χ1n) is 7.43. The van der Waals surface area contributed by atoms with E-state index in [9.17, 15) is 5.11 Å². The SMILES string of the molecule is OC(c1cccnc1)c1cnc2[nH]c(-c3ccccc3)cc2c1. The van der Waals surface area contributed by atoms with E-state index in [1.807, 2.05) is 36.4 Å². The minimum atomic E-state index is -0.726. The molecule has 0 saturated heterocycles. The maximum Gasteiger partial charge on any atom is 0.137 e. The number of nitrogens with one attached hydrogen (secondary N) is 1. The molecule has 0 saturated carbocycles. The smallest absolute Gasteiger partial charge is 0.137 e. The van der Waals surface area contributed by atoms with E-state index in [-0.39, 0.29) is 0 Å². The molecule has 3 heterocycles. The minimum absolute atomic E-state index is 0.726. The van der Waals surface area contributed by atoms with Crippen molar-refractivity contribution in [2.75, 3.05) is 0 Å². The summed E-state index contributed by atoms with van der Waals surface area (Å²) >= 11 is 0. The number of fused-ring (bicyclic) bond motifs is 1. The van der Waals surface area contributed by atoms with Gasteiger partial charge in [-0.2, -0.15) is 0 Å². The molecule has 4 nitrogen and oxygen atoms in total. The molecule has 0 fully saturated rings. The van der Waals surface area contributed by atoms with Gasteiger partial charge in [-0.25, -0.2) is 4.98 Å². The number of pyridine rings is 2. The summed E-state index contributed by atoms with van der Waals surface area (Å²) in [5.41, 5.74) is 4.45. The zero-order valence-corrected chi connectivity index (χ0v) is 12.3. The third-order valence-corrected chi connectivity index (χ3v) is 3.89. The lowest BCUT2D eigenvalue weighted by Crippen LogP contribution is -2.00. The number of hydrogen-bond acceptors (Lipinski definition) is 3. The molecule has 0 spiro atoms. The Labute approximate surface area is 133 Å². The second-order valence-corrected chi connectivity index (χ2v) is 5.44. The fraction of sp³-hybridized carbons (Fsp3) is 0.0526. The molecule has 1 unspecified atom stereocenters. The first kappa shape index (κ1) is 13.7. The maximum absolute atomic E-state index is 10.5. The second-order valence-electron chi connectivity index (χ2n) is 5.44. The summed E-state index contributed by atoms with van der Waals surface area (Å²) in [6, 6.07) is 17.8. The lowest BCUT2D eigenvalue weighted by molar-refractivity contribution is 0.219. The largest absolute Gasteiger partial charge is 0.384 e. The molecule has 1 aromatic carbocycles. The minimum Gasteiger partial charge on any atom is -0.384 e. The predicted molar refractivity (Wildman–Crippen MR) is 89.8 cm³/mol. The van der Waals surface area contributed by atoms with Crippen LogP contribution in [0.15, 0.2) is 73.2 Å². The highest BCUT2D eigenvalue weighted by Crippen LogP contribution is 2.27. The number of H-pyrrole nitrogens is 1. The van der Waals surface area contributed by atoms with Gasteiger partial charge in [-0.15, -0.1) is 0 Å². The zero-order chi connectivity index (χ0) is 15.6. The Morgan fingerprint density at radius 3 is 2.57 bits per heavy atom. The molecule has 1 atom stereocenters. The van der Waals surface area contributed by atoms with Gasteiger partial charge < -0.3 is 10.1 Å². The van der Waals surface area contributed by atoms with Crippen molar-refractivity contribution in [1.29, 1.82) is 0 Å². The first-order valence-corrected chi connectivity index (χ1v) is 7.43. The van der Waals surface area contributed by atoms with Gasteiger partial charge in [0.15, 0.2) is 0 Å². The summed E-state index contributed by atoms with van der Waals surface area (Å²) in [6.07, 6.45) is 4.33. The van der Waals surface area contributed by atoms with Crippen LogP contribution >= 0.6 is 0 Å². The van der Waals surface area contributed by atoms with Crippen molar-refractivity contribution in [2.24, 2.45) is 0 Å². The van der Waals surface area contributed by atoms with Crippen LogP contribution in [0.5, 0.6) is 0 Å². The van der Waals surface area contributed by atoms with Crippen molar-refractivity contribution in [2.45, 2.75) is 6.10 Å². The summed E-state index contributed by atoms with van der Waals surface area (Å²) in [7, 11) is 0. The van der Waals surface area contributed by atoms with E-state index in [0.717, 1.165) is 33.4 Å². The number of hydrogen-bond donors (Lipinski definition) is 2. The Morgan fingerprint density at radius 2 is 1.78 bits per heavy atom. The van der Waals surface area contributed by atoms with Crippen LogP contribution in [0.1, 0.15) is 17.2 Å². The molecule has 4 rings (SSSR count). The topological polar surface area (TPSA) is 61.8 Å². The van der Waals surface area contributed by atoms with Crippen molar-refractivity contribution < 1.29 is 5.11 Å². The van der Waals surface area contributed by atoms with Crippen LogP contribution in [0.25, 0.3) is 22.3 Å². The van der Waals surface area contributed by atoms with E-state index >= 15 is 0 Å². The maximum atomic E-state index is 10.5. The van der Waals surface area contributed by atoms with Crippen LogP contribution in [-0.2, 0) is 0 Å². The number of aromatic nitrogens is 3. The Hall–Kier alpha value is -2.98. The fourth-order valence-electron chi connectivity index (χ4n) is 2.69.